The number of nitrogens with zero attached hydrogens (tertiary/aromatic N) is 5. The molecule has 2 heterocycles. The lowest BCUT2D eigenvalue weighted by molar-refractivity contribution is 0.404. The van der Waals surface area contributed by atoms with Gasteiger partial charge in [0.15, 0.2) is 0 Å². The molecule has 32 heavy (non-hydrogen) atoms. The molecule has 0 aliphatic heterocycles. The molecule has 0 atom stereocenters. The average molecular weight is 424 g/mol. The van der Waals surface area contributed by atoms with E-state index in [-0.39, 0.29) is 0 Å². The van der Waals surface area contributed by atoms with E-state index in [0.29, 0.717) is 18.4 Å². The van der Waals surface area contributed by atoms with Crippen molar-refractivity contribution in [2.24, 2.45) is 0 Å². The third-order valence-corrected chi connectivity index (χ3v) is 5.37. The second-order valence-electron chi connectivity index (χ2n) is 8.06. The fourth-order valence-corrected chi connectivity index (χ4v) is 3.94. The van der Waals surface area contributed by atoms with Crippen LogP contribution in [0.25, 0.3) is 27.9 Å². The minimum absolute atomic E-state index is 0.365. The summed E-state index contributed by atoms with van der Waals surface area (Å²) in [5.74, 6) is 1.64. The highest BCUT2D eigenvalue weighted by Crippen LogP contribution is 2.28. The van der Waals surface area contributed by atoms with E-state index in [1.54, 1.807) is 0 Å². The van der Waals surface area contributed by atoms with Gasteiger partial charge in [-0.3, -0.25) is 0 Å². The van der Waals surface area contributed by atoms with Crippen LogP contribution in [0.1, 0.15) is 11.1 Å². The number of hydrogen-bond acceptors (Lipinski definition) is 6. The number of fused-ring (bicyclic) bond motifs is 2. The van der Waals surface area contributed by atoms with Gasteiger partial charge in [-0.15, -0.1) is 0 Å². The molecule has 160 valence electrons. The summed E-state index contributed by atoms with van der Waals surface area (Å²) in [6, 6.07) is 24.3. The highest BCUT2D eigenvalue weighted by molar-refractivity contribution is 5.92. The maximum absolute atomic E-state index is 6.31. The number of imidazole rings is 1. The van der Waals surface area contributed by atoms with Crippen molar-refractivity contribution in [2.75, 3.05) is 25.1 Å². The van der Waals surface area contributed by atoms with Crippen LogP contribution in [0.5, 0.6) is 0 Å². The lowest BCUT2D eigenvalue weighted by atomic mass is 10.1. The Bertz CT molecular complexity index is 1390. The van der Waals surface area contributed by atoms with E-state index in [1.807, 2.05) is 47.0 Å². The van der Waals surface area contributed by atoms with Gasteiger partial charge in [0.1, 0.15) is 5.82 Å². The van der Waals surface area contributed by atoms with E-state index in [2.05, 4.69) is 59.6 Å². The van der Waals surface area contributed by atoms with Gasteiger partial charge in [-0.2, -0.15) is 4.98 Å². The molecule has 0 spiro atoms. The average Bonchev–Trinajstić information content (AvgIpc) is 3.13. The zero-order chi connectivity index (χ0) is 22.1. The number of nitrogen functional groups attached to an aromatic ring is 1. The van der Waals surface area contributed by atoms with Gasteiger partial charge in [0, 0.05) is 18.5 Å². The summed E-state index contributed by atoms with van der Waals surface area (Å²) in [4.78, 5) is 16.5. The van der Waals surface area contributed by atoms with E-state index in [4.69, 9.17) is 15.7 Å². The number of hydrogen-bond donors (Lipinski definition) is 2. The number of para-hydroxylation sites is 3. The molecular weight excluding hydrogens is 398 g/mol. The van der Waals surface area contributed by atoms with E-state index in [1.165, 1.54) is 5.56 Å². The third kappa shape index (κ3) is 3.74. The van der Waals surface area contributed by atoms with Gasteiger partial charge in [-0.05, 0) is 43.4 Å². The minimum Gasteiger partial charge on any atom is -0.369 e. The molecule has 0 unspecified atom stereocenters. The van der Waals surface area contributed by atoms with Crippen LogP contribution < -0.4 is 11.1 Å². The summed E-state index contributed by atoms with van der Waals surface area (Å²) < 4.78 is 1.81. The van der Waals surface area contributed by atoms with Crippen LogP contribution in [0.3, 0.4) is 0 Å². The molecule has 5 rings (SSSR count). The Balaban J connectivity index is 1.69. The van der Waals surface area contributed by atoms with Crippen molar-refractivity contribution < 1.29 is 0 Å². The highest BCUT2D eigenvalue weighted by Gasteiger charge is 2.17. The molecule has 0 aliphatic carbocycles. The molecule has 0 radical (unpaired) electrons. The predicted octanol–water partition coefficient (Wildman–Crippen LogP) is 4.22. The van der Waals surface area contributed by atoms with Gasteiger partial charge in [0.25, 0.3) is 0 Å². The summed E-state index contributed by atoms with van der Waals surface area (Å²) in [5, 5.41) is 4.49. The van der Waals surface area contributed by atoms with E-state index < -0.39 is 0 Å². The summed E-state index contributed by atoms with van der Waals surface area (Å²) in [7, 11) is 4.10. The lowest BCUT2D eigenvalue weighted by Crippen LogP contribution is -2.13. The van der Waals surface area contributed by atoms with Crippen LogP contribution in [0, 0.1) is 0 Å². The van der Waals surface area contributed by atoms with Crippen molar-refractivity contribution in [3.63, 3.8) is 0 Å². The molecule has 0 aliphatic rings. The molecule has 2 aromatic heterocycles. The van der Waals surface area contributed by atoms with Crippen LogP contribution in [0.4, 0.5) is 11.8 Å². The van der Waals surface area contributed by atoms with Gasteiger partial charge < -0.3 is 16.0 Å². The third-order valence-electron chi connectivity index (χ3n) is 5.37. The van der Waals surface area contributed by atoms with Crippen molar-refractivity contribution in [2.45, 2.75) is 13.1 Å². The van der Waals surface area contributed by atoms with E-state index >= 15 is 0 Å². The smallest absolute Gasteiger partial charge is 0.239 e. The summed E-state index contributed by atoms with van der Waals surface area (Å²) in [6.45, 7) is 1.43. The number of aromatic nitrogens is 4. The molecule has 0 bridgehead atoms. The minimum atomic E-state index is 0.365. The van der Waals surface area contributed by atoms with Gasteiger partial charge >= 0.3 is 0 Å². The van der Waals surface area contributed by atoms with Gasteiger partial charge in [0.2, 0.25) is 11.9 Å². The van der Waals surface area contributed by atoms with Crippen LogP contribution in [0.15, 0.2) is 72.8 Å². The Morgan fingerprint density at radius 2 is 1.66 bits per heavy atom. The normalized spacial score (nSPS) is 11.5. The van der Waals surface area contributed by atoms with Crippen molar-refractivity contribution in [3.8, 4) is 5.95 Å². The molecule has 0 fully saturated rings. The standard InChI is InChI=1S/C25H25N7/c1-31(2)16-18-11-8-12-19-22(18)29-25(30-23(19)27-15-17-9-4-3-5-10-17)32-21-14-7-6-13-20(21)28-24(32)26/h3-14H,15-16H2,1-2H3,(H2,26,28)(H,27,29,30). The molecule has 3 N–H and O–H groups in total. The van der Waals surface area contributed by atoms with Crippen LogP contribution >= 0.6 is 0 Å². The van der Waals surface area contributed by atoms with Gasteiger partial charge in [-0.1, -0.05) is 54.6 Å². The molecule has 0 saturated carbocycles. The summed E-state index contributed by atoms with van der Waals surface area (Å²) in [5.41, 5.74) is 11.2. The molecular formula is C25H25N7. The number of rotatable bonds is 6. The Kier molecular flexibility index (Phi) is 5.17. The molecule has 3 aromatic carbocycles. The monoisotopic (exact) mass is 423 g/mol. The van der Waals surface area contributed by atoms with Crippen molar-refractivity contribution in [1.82, 2.24) is 24.4 Å². The maximum Gasteiger partial charge on any atom is 0.239 e. The predicted molar refractivity (Wildman–Crippen MR) is 130 cm³/mol. The Morgan fingerprint density at radius 1 is 0.875 bits per heavy atom. The fourth-order valence-electron chi connectivity index (χ4n) is 3.94. The van der Waals surface area contributed by atoms with Crippen LogP contribution in [-0.4, -0.2) is 38.5 Å². The Hall–Kier alpha value is -3.97. The van der Waals surface area contributed by atoms with Crippen molar-refractivity contribution in [1.29, 1.82) is 0 Å². The second kappa shape index (κ2) is 8.28. The quantitative estimate of drug-likeness (QED) is 0.425. The molecule has 7 nitrogen and oxygen atoms in total. The molecule has 0 amide bonds. The summed E-state index contributed by atoms with van der Waals surface area (Å²) in [6.07, 6.45) is 0. The zero-order valence-electron chi connectivity index (χ0n) is 18.2. The lowest BCUT2D eigenvalue weighted by Gasteiger charge is -2.16. The van der Waals surface area contributed by atoms with E-state index in [9.17, 15) is 0 Å². The SMILES string of the molecule is CN(C)Cc1cccc2c(NCc3ccccc3)nc(-n3c(N)nc4ccccc43)nc12. The molecule has 0 saturated heterocycles. The first kappa shape index (κ1) is 20.0. The topological polar surface area (TPSA) is 84.9 Å². The van der Waals surface area contributed by atoms with E-state index in [0.717, 1.165) is 39.9 Å². The second-order valence-corrected chi connectivity index (χ2v) is 8.06. The fraction of sp³-hybridized carbons (Fsp3) is 0.160. The largest absolute Gasteiger partial charge is 0.369 e. The van der Waals surface area contributed by atoms with Gasteiger partial charge in [0.05, 0.1) is 16.6 Å². The number of benzene rings is 3. The first-order valence-electron chi connectivity index (χ1n) is 10.6. The Labute approximate surface area is 186 Å². The first-order chi connectivity index (χ1) is 15.6. The van der Waals surface area contributed by atoms with Crippen LogP contribution in [0.2, 0.25) is 0 Å². The molecule has 5 aromatic rings. The highest BCUT2D eigenvalue weighted by atomic mass is 15.3. The molecule has 7 heteroatoms. The van der Waals surface area contributed by atoms with Crippen molar-refractivity contribution >= 4 is 33.7 Å². The summed E-state index contributed by atoms with van der Waals surface area (Å²) >= 11 is 0. The van der Waals surface area contributed by atoms with Gasteiger partial charge in [-0.25, -0.2) is 14.5 Å². The number of anilines is 2. The van der Waals surface area contributed by atoms with Crippen molar-refractivity contribution in [3.05, 3.63) is 83.9 Å². The number of nitrogens with two attached hydrogens (primary N) is 1. The maximum atomic E-state index is 6.31. The van der Waals surface area contributed by atoms with Crippen LogP contribution in [-0.2, 0) is 13.1 Å². The first-order valence-corrected chi connectivity index (χ1v) is 10.6. The number of nitrogens with one attached hydrogen (secondary N) is 1. The zero-order valence-corrected chi connectivity index (χ0v) is 18.2. The Morgan fingerprint density at radius 3 is 2.47 bits per heavy atom.